The molecule has 3 saturated heterocycles. The van der Waals surface area contributed by atoms with Crippen LogP contribution < -0.4 is 5.32 Å². The molecule has 3 heterocycles. The van der Waals surface area contributed by atoms with Gasteiger partial charge in [0.1, 0.15) is 5.60 Å². The number of aliphatic imine (C=N–C) groups is 1. The monoisotopic (exact) mass is 407 g/mol. The van der Waals surface area contributed by atoms with Crippen LogP contribution in [0.1, 0.15) is 59.3 Å². The van der Waals surface area contributed by atoms with Crippen molar-refractivity contribution >= 4 is 12.1 Å². The van der Waals surface area contributed by atoms with Crippen LogP contribution in [-0.4, -0.2) is 91.3 Å². The van der Waals surface area contributed by atoms with E-state index >= 15 is 0 Å². The summed E-state index contributed by atoms with van der Waals surface area (Å²) in [6, 6.07) is 0.691. The van der Waals surface area contributed by atoms with Crippen molar-refractivity contribution < 1.29 is 9.53 Å². The smallest absolute Gasteiger partial charge is 0.410 e. The Bertz CT molecular complexity index is 568. The van der Waals surface area contributed by atoms with Crippen molar-refractivity contribution in [1.82, 2.24) is 20.0 Å². The molecule has 0 saturated carbocycles. The Balaban J connectivity index is 1.40. The number of guanidine groups is 1. The van der Waals surface area contributed by atoms with E-state index in [-0.39, 0.29) is 6.09 Å². The van der Waals surface area contributed by atoms with E-state index in [2.05, 4.69) is 20.1 Å². The Labute approximate surface area is 176 Å². The minimum absolute atomic E-state index is 0.170. The first-order valence-electron chi connectivity index (χ1n) is 11.5. The summed E-state index contributed by atoms with van der Waals surface area (Å²) in [5.41, 5.74) is -0.430. The van der Waals surface area contributed by atoms with Crippen molar-refractivity contribution in [3.8, 4) is 0 Å². The molecule has 0 radical (unpaired) electrons. The van der Waals surface area contributed by atoms with Gasteiger partial charge in [0.15, 0.2) is 5.96 Å². The van der Waals surface area contributed by atoms with Crippen molar-refractivity contribution in [2.24, 2.45) is 10.9 Å². The van der Waals surface area contributed by atoms with E-state index in [1.165, 1.54) is 38.8 Å². The Kier molecular flexibility index (Phi) is 7.66. The number of carbonyl (C=O) groups is 1. The van der Waals surface area contributed by atoms with Gasteiger partial charge < -0.3 is 19.9 Å². The lowest BCUT2D eigenvalue weighted by molar-refractivity contribution is 0.0162. The zero-order chi connectivity index (χ0) is 20.9. The predicted molar refractivity (Wildman–Crippen MR) is 117 cm³/mol. The fourth-order valence-electron chi connectivity index (χ4n) is 4.85. The number of amides is 1. The lowest BCUT2D eigenvalue weighted by Gasteiger charge is -2.34. The fraction of sp³-hybridized carbons (Fsp3) is 0.909. The van der Waals surface area contributed by atoms with Crippen LogP contribution in [0.4, 0.5) is 4.79 Å². The van der Waals surface area contributed by atoms with E-state index < -0.39 is 5.60 Å². The topological polar surface area (TPSA) is 60.4 Å². The van der Waals surface area contributed by atoms with Crippen LogP contribution >= 0.6 is 0 Å². The second-order valence-electron chi connectivity index (χ2n) is 9.83. The Morgan fingerprint density at radius 3 is 2.48 bits per heavy atom. The second kappa shape index (κ2) is 10.0. The van der Waals surface area contributed by atoms with E-state index in [1.807, 2.05) is 32.7 Å². The minimum atomic E-state index is -0.430. The quantitative estimate of drug-likeness (QED) is 0.574. The SMILES string of the molecule is CN=C(NCCC1CCCN(C(=O)OC(C)(C)C)C1)N1CCC(N2CCCC2)C1. The highest BCUT2D eigenvalue weighted by Crippen LogP contribution is 2.22. The molecule has 0 aliphatic carbocycles. The zero-order valence-electron chi connectivity index (χ0n) is 19.0. The van der Waals surface area contributed by atoms with Gasteiger partial charge in [-0.15, -0.1) is 0 Å². The molecule has 7 heteroatoms. The van der Waals surface area contributed by atoms with E-state index in [0.717, 1.165) is 51.5 Å². The van der Waals surface area contributed by atoms with Gasteiger partial charge in [-0.25, -0.2) is 4.79 Å². The molecule has 3 fully saturated rings. The van der Waals surface area contributed by atoms with Crippen molar-refractivity contribution in [3.63, 3.8) is 0 Å². The first-order chi connectivity index (χ1) is 13.9. The van der Waals surface area contributed by atoms with Crippen LogP contribution in [-0.2, 0) is 4.74 Å². The van der Waals surface area contributed by atoms with Gasteiger partial charge in [-0.3, -0.25) is 9.89 Å². The maximum Gasteiger partial charge on any atom is 0.410 e. The first-order valence-corrected chi connectivity index (χ1v) is 11.5. The number of piperidine rings is 1. The van der Waals surface area contributed by atoms with Gasteiger partial charge in [-0.1, -0.05) is 0 Å². The first kappa shape index (κ1) is 22.2. The number of likely N-dealkylation sites (tertiary alicyclic amines) is 3. The zero-order valence-corrected chi connectivity index (χ0v) is 19.0. The van der Waals surface area contributed by atoms with Crippen molar-refractivity contribution in [2.75, 3.05) is 52.9 Å². The molecule has 7 nitrogen and oxygen atoms in total. The van der Waals surface area contributed by atoms with Crippen LogP contribution in [0.3, 0.4) is 0 Å². The van der Waals surface area contributed by atoms with Crippen LogP contribution in [0.15, 0.2) is 4.99 Å². The summed E-state index contributed by atoms with van der Waals surface area (Å²) < 4.78 is 5.55. The molecule has 2 atom stereocenters. The van der Waals surface area contributed by atoms with Crippen LogP contribution in [0.25, 0.3) is 0 Å². The molecule has 29 heavy (non-hydrogen) atoms. The van der Waals surface area contributed by atoms with E-state index in [4.69, 9.17) is 4.74 Å². The summed E-state index contributed by atoms with van der Waals surface area (Å²) in [4.78, 5) is 23.8. The maximum atomic E-state index is 12.4. The third-order valence-corrected chi connectivity index (χ3v) is 6.34. The number of hydrogen-bond acceptors (Lipinski definition) is 4. The summed E-state index contributed by atoms with van der Waals surface area (Å²) in [6.07, 6.45) is 7.07. The number of ether oxygens (including phenoxy) is 1. The van der Waals surface area contributed by atoms with Gasteiger partial charge in [-0.2, -0.15) is 0 Å². The van der Waals surface area contributed by atoms with Gasteiger partial charge in [0, 0.05) is 45.8 Å². The highest BCUT2D eigenvalue weighted by molar-refractivity contribution is 5.80. The Morgan fingerprint density at radius 2 is 1.79 bits per heavy atom. The standard InChI is InChI=1S/C22H41N5O2/c1-22(2,3)29-21(28)27-14-7-8-18(16-27)9-11-24-20(23-4)26-15-10-19(17-26)25-12-5-6-13-25/h18-19H,5-17H2,1-4H3,(H,23,24). The van der Waals surface area contributed by atoms with Crippen LogP contribution in [0, 0.1) is 5.92 Å². The van der Waals surface area contributed by atoms with E-state index in [9.17, 15) is 4.79 Å². The number of nitrogens with zero attached hydrogens (tertiary/aromatic N) is 4. The molecule has 0 aromatic rings. The van der Waals surface area contributed by atoms with E-state index in [1.54, 1.807) is 0 Å². The molecule has 3 aliphatic heterocycles. The van der Waals surface area contributed by atoms with Gasteiger partial charge >= 0.3 is 6.09 Å². The molecule has 0 aromatic heterocycles. The molecule has 0 aromatic carbocycles. The lowest BCUT2D eigenvalue weighted by Crippen LogP contribution is -2.45. The number of hydrogen-bond donors (Lipinski definition) is 1. The number of carbonyl (C=O) groups excluding carboxylic acids is 1. The van der Waals surface area contributed by atoms with Crippen LogP contribution in [0.2, 0.25) is 0 Å². The fourth-order valence-corrected chi connectivity index (χ4v) is 4.85. The summed E-state index contributed by atoms with van der Waals surface area (Å²) in [7, 11) is 1.89. The summed E-state index contributed by atoms with van der Waals surface area (Å²) in [5.74, 6) is 1.56. The predicted octanol–water partition coefficient (Wildman–Crippen LogP) is 2.77. The molecule has 3 rings (SSSR count). The second-order valence-corrected chi connectivity index (χ2v) is 9.83. The maximum absolute atomic E-state index is 12.4. The summed E-state index contributed by atoms with van der Waals surface area (Å²) in [6.45, 7) is 13.0. The van der Waals surface area contributed by atoms with Crippen molar-refractivity contribution in [2.45, 2.75) is 70.9 Å². The average molecular weight is 408 g/mol. The van der Waals surface area contributed by atoms with Crippen LogP contribution in [0.5, 0.6) is 0 Å². The average Bonchev–Trinajstić information content (AvgIpc) is 3.35. The molecular weight excluding hydrogens is 366 g/mol. The number of nitrogens with one attached hydrogen (secondary N) is 1. The van der Waals surface area contributed by atoms with E-state index in [0.29, 0.717) is 12.0 Å². The molecule has 1 amide bonds. The minimum Gasteiger partial charge on any atom is -0.444 e. The van der Waals surface area contributed by atoms with Gasteiger partial charge in [0.25, 0.3) is 0 Å². The normalized spacial score (nSPS) is 26.8. The summed E-state index contributed by atoms with van der Waals surface area (Å²) in [5, 5.41) is 3.57. The molecule has 166 valence electrons. The molecule has 2 unspecified atom stereocenters. The van der Waals surface area contributed by atoms with Gasteiger partial charge in [0.05, 0.1) is 0 Å². The molecule has 3 aliphatic rings. The number of rotatable bonds is 4. The van der Waals surface area contributed by atoms with Gasteiger partial charge in [0.2, 0.25) is 0 Å². The molecular formula is C22H41N5O2. The van der Waals surface area contributed by atoms with Crippen molar-refractivity contribution in [1.29, 1.82) is 0 Å². The third kappa shape index (κ3) is 6.49. The molecule has 1 N–H and O–H groups in total. The Morgan fingerprint density at radius 1 is 1.03 bits per heavy atom. The highest BCUT2D eigenvalue weighted by atomic mass is 16.6. The lowest BCUT2D eigenvalue weighted by atomic mass is 9.95. The summed E-state index contributed by atoms with van der Waals surface area (Å²) >= 11 is 0. The van der Waals surface area contributed by atoms with Crippen molar-refractivity contribution in [3.05, 3.63) is 0 Å². The Hall–Kier alpha value is -1.50. The molecule has 0 bridgehead atoms. The largest absolute Gasteiger partial charge is 0.444 e. The highest BCUT2D eigenvalue weighted by Gasteiger charge is 2.31. The van der Waals surface area contributed by atoms with Gasteiger partial charge in [-0.05, 0) is 78.3 Å². The third-order valence-electron chi connectivity index (χ3n) is 6.34. The molecule has 0 spiro atoms.